The first-order valence-electron chi connectivity index (χ1n) is 12.3. The molecule has 0 unspecified atom stereocenters. The van der Waals surface area contributed by atoms with Crippen LogP contribution < -0.4 is 20.9 Å². The highest BCUT2D eigenvalue weighted by Crippen LogP contribution is 2.60. The van der Waals surface area contributed by atoms with E-state index in [-0.39, 0.29) is 0 Å². The summed E-state index contributed by atoms with van der Waals surface area (Å²) in [4.78, 5) is 0. The van der Waals surface area contributed by atoms with Crippen molar-refractivity contribution in [2.45, 2.75) is 30.1 Å². The molecule has 0 saturated heterocycles. The molecule has 4 aromatic carbocycles. The summed E-state index contributed by atoms with van der Waals surface area (Å²) in [6.07, 6.45) is -22.2. The third-order valence-corrected chi connectivity index (χ3v) is 6.55. The molecule has 0 saturated carbocycles. The number of hydrogen-bond acceptors (Lipinski definition) is 4. The largest absolute Gasteiger partial charge is 0.457 e. The molecule has 0 aromatic heterocycles. The smallest absolute Gasteiger partial charge is 0.418 e. The molecular weight excluding hydrogens is 636 g/mol. The van der Waals surface area contributed by atoms with Crippen molar-refractivity contribution in [3.63, 3.8) is 0 Å². The van der Waals surface area contributed by atoms with Crippen LogP contribution in [0.4, 0.5) is 64.1 Å². The summed E-state index contributed by atoms with van der Waals surface area (Å²) in [5.74, 6) is -3.34. The van der Waals surface area contributed by atoms with Gasteiger partial charge in [-0.1, -0.05) is 36.4 Å². The first kappa shape index (κ1) is 33.1. The van der Waals surface area contributed by atoms with Crippen LogP contribution in [0, 0.1) is 0 Å². The standard InChI is InChI=1S/C29H18F12N2O2/c30-26(31,32)17-11-9-15(13-21(17)42)44-23-7-3-1-5-19(23)25(28(36,37)38,29(39,40)41)20-6-2-4-8-24(20)45-16-10-12-18(22(43)14-16)27(33,34)35/h1-14H,42-43H2. The zero-order valence-corrected chi connectivity index (χ0v) is 22.1. The van der Waals surface area contributed by atoms with Crippen LogP contribution in [0.3, 0.4) is 0 Å². The highest BCUT2D eigenvalue weighted by Gasteiger charge is 2.74. The minimum absolute atomic E-state index is 0.437. The van der Waals surface area contributed by atoms with E-state index in [4.69, 9.17) is 20.9 Å². The van der Waals surface area contributed by atoms with E-state index in [0.29, 0.717) is 48.5 Å². The number of hydrogen-bond donors (Lipinski definition) is 2. The second-order valence-corrected chi connectivity index (χ2v) is 9.44. The molecule has 45 heavy (non-hydrogen) atoms. The minimum Gasteiger partial charge on any atom is -0.457 e. The van der Waals surface area contributed by atoms with Crippen LogP contribution >= 0.6 is 0 Å². The zero-order valence-electron chi connectivity index (χ0n) is 22.1. The predicted octanol–water partition coefficient (Wildman–Crippen LogP) is 9.88. The lowest BCUT2D eigenvalue weighted by Gasteiger charge is -2.39. The summed E-state index contributed by atoms with van der Waals surface area (Å²) in [7, 11) is 0. The van der Waals surface area contributed by atoms with Gasteiger partial charge in [0.2, 0.25) is 5.41 Å². The number of nitrogens with two attached hydrogens (primary N) is 2. The van der Waals surface area contributed by atoms with Crippen molar-refractivity contribution in [2.24, 2.45) is 0 Å². The molecule has 0 spiro atoms. The number of halogens is 12. The van der Waals surface area contributed by atoms with E-state index in [9.17, 15) is 26.3 Å². The van der Waals surface area contributed by atoms with Gasteiger partial charge in [-0.05, 0) is 36.4 Å². The van der Waals surface area contributed by atoms with E-state index in [1.165, 1.54) is 0 Å². The molecule has 16 heteroatoms. The lowest BCUT2D eigenvalue weighted by atomic mass is 9.72. The number of anilines is 2. The van der Waals surface area contributed by atoms with Gasteiger partial charge in [0, 0.05) is 34.6 Å². The van der Waals surface area contributed by atoms with Crippen molar-refractivity contribution in [1.82, 2.24) is 0 Å². The van der Waals surface area contributed by atoms with Crippen molar-refractivity contribution >= 4 is 11.4 Å². The van der Waals surface area contributed by atoms with Crippen molar-refractivity contribution in [2.75, 3.05) is 11.5 Å². The van der Waals surface area contributed by atoms with Gasteiger partial charge in [-0.3, -0.25) is 0 Å². The zero-order chi connectivity index (χ0) is 33.6. The lowest BCUT2D eigenvalue weighted by molar-refractivity contribution is -0.289. The van der Waals surface area contributed by atoms with E-state index >= 15 is 26.3 Å². The molecule has 4 aromatic rings. The van der Waals surface area contributed by atoms with Gasteiger partial charge in [-0.25, -0.2) is 0 Å². The molecule has 4 N–H and O–H groups in total. The normalized spacial score (nSPS) is 13.1. The summed E-state index contributed by atoms with van der Waals surface area (Å²) >= 11 is 0. The SMILES string of the molecule is Nc1cc(Oc2ccccc2C(c2ccccc2Oc2ccc(C(F)(F)F)c(N)c2)(C(F)(F)F)C(F)(F)F)ccc1C(F)(F)F. The molecule has 0 amide bonds. The quantitative estimate of drug-likeness (QED) is 0.160. The van der Waals surface area contributed by atoms with Gasteiger partial charge in [0.15, 0.2) is 0 Å². The molecular formula is C29H18F12N2O2. The summed E-state index contributed by atoms with van der Waals surface area (Å²) in [5, 5.41) is 0. The Hall–Kier alpha value is -4.76. The van der Waals surface area contributed by atoms with E-state index in [1.807, 2.05) is 0 Å². The maximum Gasteiger partial charge on any atom is 0.418 e. The summed E-state index contributed by atoms with van der Waals surface area (Å²) in [5.41, 5.74) is -1.65. The molecule has 0 aliphatic heterocycles. The second-order valence-electron chi connectivity index (χ2n) is 9.44. The number of alkyl halides is 12. The van der Waals surface area contributed by atoms with Crippen molar-refractivity contribution in [3.8, 4) is 23.0 Å². The number of nitrogen functional groups attached to an aromatic ring is 2. The van der Waals surface area contributed by atoms with Crippen LogP contribution in [0.15, 0.2) is 84.9 Å². The Morgan fingerprint density at radius 1 is 0.422 bits per heavy atom. The van der Waals surface area contributed by atoms with Crippen LogP contribution in [0.1, 0.15) is 22.3 Å². The van der Waals surface area contributed by atoms with Gasteiger partial charge in [0.05, 0.1) is 11.1 Å². The Bertz CT molecular complexity index is 1570. The van der Waals surface area contributed by atoms with Crippen LogP contribution in [0.5, 0.6) is 23.0 Å². The van der Waals surface area contributed by atoms with Gasteiger partial charge in [-0.15, -0.1) is 0 Å². The van der Waals surface area contributed by atoms with Crippen LogP contribution in [0.2, 0.25) is 0 Å². The lowest BCUT2D eigenvalue weighted by Crippen LogP contribution is -2.55. The summed E-state index contributed by atoms with van der Waals surface area (Å²) in [6.45, 7) is 0. The van der Waals surface area contributed by atoms with Crippen LogP contribution in [0.25, 0.3) is 0 Å². The Labute approximate surface area is 245 Å². The molecule has 240 valence electrons. The molecule has 0 radical (unpaired) electrons. The Morgan fingerprint density at radius 2 is 0.756 bits per heavy atom. The topological polar surface area (TPSA) is 70.5 Å². The van der Waals surface area contributed by atoms with E-state index in [2.05, 4.69) is 0 Å². The Morgan fingerprint density at radius 3 is 1.04 bits per heavy atom. The fraction of sp³-hybridized carbons (Fsp3) is 0.172. The van der Waals surface area contributed by atoms with E-state index in [1.54, 1.807) is 0 Å². The number of para-hydroxylation sites is 2. The average Bonchev–Trinajstić information content (AvgIpc) is 2.88. The maximum absolute atomic E-state index is 15.1. The first-order chi connectivity index (χ1) is 20.7. The first-order valence-corrected chi connectivity index (χ1v) is 12.3. The van der Waals surface area contributed by atoms with Gasteiger partial charge in [0.25, 0.3) is 0 Å². The average molecular weight is 654 g/mol. The Balaban J connectivity index is 1.93. The number of rotatable bonds is 6. The third-order valence-electron chi connectivity index (χ3n) is 6.55. The van der Waals surface area contributed by atoms with Crippen LogP contribution in [-0.4, -0.2) is 12.4 Å². The molecule has 0 aliphatic carbocycles. The third kappa shape index (κ3) is 6.26. The molecule has 0 bridgehead atoms. The molecule has 0 atom stereocenters. The highest BCUT2D eigenvalue weighted by molar-refractivity contribution is 5.59. The van der Waals surface area contributed by atoms with Gasteiger partial charge >= 0.3 is 24.7 Å². The molecule has 0 heterocycles. The van der Waals surface area contributed by atoms with Crippen molar-refractivity contribution in [1.29, 1.82) is 0 Å². The maximum atomic E-state index is 15.1. The number of benzene rings is 4. The summed E-state index contributed by atoms with van der Waals surface area (Å²) in [6, 6.07) is 9.45. The van der Waals surface area contributed by atoms with Gasteiger partial charge < -0.3 is 20.9 Å². The van der Waals surface area contributed by atoms with Crippen molar-refractivity contribution in [3.05, 3.63) is 107 Å². The van der Waals surface area contributed by atoms with Crippen molar-refractivity contribution < 1.29 is 62.2 Å². The van der Waals surface area contributed by atoms with E-state index < -0.39 is 86.7 Å². The van der Waals surface area contributed by atoms with E-state index in [0.717, 1.165) is 36.4 Å². The highest BCUT2D eigenvalue weighted by atomic mass is 19.4. The fourth-order valence-corrected chi connectivity index (χ4v) is 4.63. The molecule has 4 nitrogen and oxygen atoms in total. The molecule has 4 rings (SSSR count). The Kier molecular flexibility index (Phi) is 8.33. The molecule has 0 aliphatic rings. The second kappa shape index (κ2) is 11.3. The van der Waals surface area contributed by atoms with Gasteiger partial charge in [-0.2, -0.15) is 52.7 Å². The summed E-state index contributed by atoms with van der Waals surface area (Å²) < 4.78 is 180. The number of ether oxygens (including phenoxy) is 2. The van der Waals surface area contributed by atoms with Crippen LogP contribution in [-0.2, 0) is 17.8 Å². The minimum atomic E-state index is -6.19. The predicted molar refractivity (Wildman–Crippen MR) is 138 cm³/mol. The monoisotopic (exact) mass is 654 g/mol. The van der Waals surface area contributed by atoms with Gasteiger partial charge in [0.1, 0.15) is 23.0 Å². The molecule has 0 fully saturated rings. The fourth-order valence-electron chi connectivity index (χ4n) is 4.63.